The minimum absolute atomic E-state index is 1.11. The van der Waals surface area contributed by atoms with Crippen molar-refractivity contribution in [2.75, 3.05) is 9.80 Å². The smallest absolute Gasteiger partial charge is 0.0619 e. The Labute approximate surface area is 383 Å². The molecule has 0 radical (unpaired) electrons. The van der Waals surface area contributed by atoms with E-state index in [4.69, 9.17) is 0 Å². The molecule has 66 heavy (non-hydrogen) atoms. The van der Waals surface area contributed by atoms with Crippen molar-refractivity contribution >= 4 is 110 Å². The lowest BCUT2D eigenvalue weighted by Gasteiger charge is -2.31. The molecule has 0 saturated carbocycles. The summed E-state index contributed by atoms with van der Waals surface area (Å²) < 4.78 is 0. The number of anilines is 6. The summed E-state index contributed by atoms with van der Waals surface area (Å²) in [6.45, 7) is 0. The number of fused-ring (bicyclic) bond motifs is 7. The Morgan fingerprint density at radius 2 is 0.591 bits per heavy atom. The number of hydrogen-bond donors (Lipinski definition) is 0. The van der Waals surface area contributed by atoms with Crippen molar-refractivity contribution < 1.29 is 0 Å². The molecular weight excluding hydrogens is 797 g/mol. The van der Waals surface area contributed by atoms with Crippen LogP contribution >= 0.6 is 0 Å². The topological polar surface area (TPSA) is 6.48 Å². The first kappa shape index (κ1) is 37.8. The van der Waals surface area contributed by atoms with Crippen LogP contribution in [0.5, 0.6) is 0 Å². The average Bonchev–Trinajstić information content (AvgIpc) is 3.39. The lowest BCUT2D eigenvalue weighted by atomic mass is 9.87. The van der Waals surface area contributed by atoms with Crippen molar-refractivity contribution in [3.8, 4) is 11.1 Å². The van der Waals surface area contributed by atoms with Gasteiger partial charge in [0.25, 0.3) is 0 Å². The second-order valence-corrected chi connectivity index (χ2v) is 17.2. The van der Waals surface area contributed by atoms with Crippen molar-refractivity contribution in [1.29, 1.82) is 0 Å². The Morgan fingerprint density at radius 3 is 1.11 bits per heavy atom. The van der Waals surface area contributed by atoms with E-state index in [2.05, 4.69) is 265 Å². The minimum atomic E-state index is 1.11. The first-order chi connectivity index (χ1) is 32.8. The monoisotopic (exact) mass is 838 g/mol. The molecule has 0 saturated heterocycles. The molecule has 2 nitrogen and oxygen atoms in total. The fourth-order valence-corrected chi connectivity index (χ4v) is 10.6. The molecule has 0 atom stereocenters. The van der Waals surface area contributed by atoms with Crippen LogP contribution in [0.3, 0.4) is 0 Å². The van der Waals surface area contributed by atoms with E-state index in [0.29, 0.717) is 0 Å². The van der Waals surface area contributed by atoms with E-state index in [1.807, 2.05) is 0 Å². The number of benzene rings is 13. The molecule has 0 unspecified atom stereocenters. The molecule has 308 valence electrons. The first-order valence-corrected chi connectivity index (χ1v) is 22.8. The van der Waals surface area contributed by atoms with Crippen molar-refractivity contribution in [2.24, 2.45) is 0 Å². The van der Waals surface area contributed by atoms with Crippen molar-refractivity contribution in [2.45, 2.75) is 0 Å². The van der Waals surface area contributed by atoms with Gasteiger partial charge in [0.1, 0.15) is 0 Å². The Hall–Kier alpha value is -8.72. The van der Waals surface area contributed by atoms with Crippen LogP contribution in [0, 0.1) is 0 Å². The molecule has 2 heteroatoms. The third kappa shape index (κ3) is 6.11. The van der Waals surface area contributed by atoms with E-state index in [-0.39, 0.29) is 0 Å². The lowest BCUT2D eigenvalue weighted by Crippen LogP contribution is -2.12. The third-order valence-electron chi connectivity index (χ3n) is 13.5. The highest BCUT2D eigenvalue weighted by atomic mass is 15.2. The fraction of sp³-hybridized carbons (Fsp3) is 0. The van der Waals surface area contributed by atoms with Crippen LogP contribution in [0.4, 0.5) is 34.1 Å². The van der Waals surface area contributed by atoms with E-state index in [9.17, 15) is 0 Å². The summed E-state index contributed by atoms with van der Waals surface area (Å²) in [5.41, 5.74) is 9.24. The van der Waals surface area contributed by atoms with Crippen LogP contribution in [0.1, 0.15) is 0 Å². The highest BCUT2D eigenvalue weighted by Crippen LogP contribution is 2.52. The predicted octanol–water partition coefficient (Wildman–Crippen LogP) is 18.4. The van der Waals surface area contributed by atoms with Crippen LogP contribution in [-0.2, 0) is 0 Å². The maximum Gasteiger partial charge on any atom is 0.0619 e. The maximum absolute atomic E-state index is 2.53. The molecule has 13 rings (SSSR count). The summed E-state index contributed by atoms with van der Waals surface area (Å²) in [5, 5.41) is 16.9. The van der Waals surface area contributed by atoms with Gasteiger partial charge in [0, 0.05) is 38.3 Å². The first-order valence-electron chi connectivity index (χ1n) is 22.8. The molecule has 13 aromatic carbocycles. The Morgan fingerprint density at radius 1 is 0.212 bits per heavy atom. The van der Waals surface area contributed by atoms with E-state index < -0.39 is 0 Å². The molecule has 0 spiro atoms. The van der Waals surface area contributed by atoms with Gasteiger partial charge in [-0.05, 0) is 102 Å². The Balaban J connectivity index is 1.09. The minimum Gasteiger partial charge on any atom is -0.310 e. The van der Waals surface area contributed by atoms with Crippen LogP contribution < -0.4 is 9.80 Å². The summed E-state index contributed by atoms with van der Waals surface area (Å²) in [6, 6.07) is 93.6. The number of rotatable bonds is 7. The van der Waals surface area contributed by atoms with Gasteiger partial charge in [0.2, 0.25) is 0 Å². The van der Waals surface area contributed by atoms with Gasteiger partial charge in [-0.25, -0.2) is 0 Å². The molecule has 0 aliphatic carbocycles. The van der Waals surface area contributed by atoms with Gasteiger partial charge in [-0.3, -0.25) is 0 Å². The van der Waals surface area contributed by atoms with Crippen molar-refractivity contribution in [1.82, 2.24) is 0 Å². The van der Waals surface area contributed by atoms with Gasteiger partial charge in [-0.1, -0.05) is 212 Å². The zero-order chi connectivity index (χ0) is 43.6. The molecule has 0 bridgehead atoms. The fourth-order valence-electron chi connectivity index (χ4n) is 10.6. The summed E-state index contributed by atoms with van der Waals surface area (Å²) in [7, 11) is 0. The van der Waals surface area contributed by atoms with Gasteiger partial charge in [0.15, 0.2) is 0 Å². The van der Waals surface area contributed by atoms with Crippen molar-refractivity contribution in [3.63, 3.8) is 0 Å². The molecule has 0 aromatic heterocycles. The molecule has 0 N–H and O–H groups in total. The van der Waals surface area contributed by atoms with E-state index >= 15 is 0 Å². The van der Waals surface area contributed by atoms with Gasteiger partial charge in [-0.2, -0.15) is 0 Å². The summed E-state index contributed by atoms with van der Waals surface area (Å²) in [5.74, 6) is 0. The quantitative estimate of drug-likeness (QED) is 0.148. The van der Waals surface area contributed by atoms with Crippen LogP contribution in [0.2, 0.25) is 0 Å². The summed E-state index contributed by atoms with van der Waals surface area (Å²) in [4.78, 5) is 4.97. The van der Waals surface area contributed by atoms with Crippen LogP contribution in [0.15, 0.2) is 255 Å². The summed E-state index contributed by atoms with van der Waals surface area (Å²) >= 11 is 0. The zero-order valence-corrected chi connectivity index (χ0v) is 36.1. The molecule has 0 aliphatic rings. The van der Waals surface area contributed by atoms with Gasteiger partial charge in [0.05, 0.1) is 22.7 Å². The standard InChI is InChI=1S/C64H42N2/c1-3-21-47-41-49(37-35-43(47)17-1)65(50-38-36-44-18-2-4-22-48(44)42-50)62-40-39-57(53-27-9-10-28-54(53)62)63-55-29-11-13-31-58(55)64(59-32-14-12-30-56(59)63)66(60-33-15-23-45-19-5-7-25-51(45)60)61-34-16-24-46-20-6-8-26-52(46)61/h1-42H. The van der Waals surface area contributed by atoms with E-state index in [1.165, 1.54) is 86.5 Å². The van der Waals surface area contributed by atoms with E-state index in [0.717, 1.165) is 34.1 Å². The maximum atomic E-state index is 2.53. The second-order valence-electron chi connectivity index (χ2n) is 17.2. The molecular formula is C64H42N2. The highest BCUT2D eigenvalue weighted by Gasteiger charge is 2.26. The van der Waals surface area contributed by atoms with Crippen LogP contribution in [0.25, 0.3) is 86.5 Å². The van der Waals surface area contributed by atoms with E-state index in [1.54, 1.807) is 0 Å². The molecule has 0 amide bonds. The van der Waals surface area contributed by atoms with Crippen LogP contribution in [-0.4, -0.2) is 0 Å². The normalized spacial score (nSPS) is 11.6. The molecule has 0 fully saturated rings. The highest BCUT2D eigenvalue weighted by molar-refractivity contribution is 6.26. The number of hydrogen-bond acceptors (Lipinski definition) is 2. The molecule has 0 aliphatic heterocycles. The average molecular weight is 839 g/mol. The zero-order valence-electron chi connectivity index (χ0n) is 36.1. The summed E-state index contributed by atoms with van der Waals surface area (Å²) in [6.07, 6.45) is 0. The van der Waals surface area contributed by atoms with Gasteiger partial charge in [-0.15, -0.1) is 0 Å². The second kappa shape index (κ2) is 15.5. The Bertz CT molecular complexity index is 3810. The Kier molecular flexibility index (Phi) is 8.89. The third-order valence-corrected chi connectivity index (χ3v) is 13.5. The predicted molar refractivity (Wildman–Crippen MR) is 284 cm³/mol. The lowest BCUT2D eigenvalue weighted by molar-refractivity contribution is 1.31. The van der Waals surface area contributed by atoms with Gasteiger partial charge < -0.3 is 9.80 Å². The number of nitrogens with zero attached hydrogens (tertiary/aromatic N) is 2. The SMILES string of the molecule is c1ccc2cc(N(c3ccc4ccccc4c3)c3ccc(-c4c5ccccc5c(N(c5cccc6ccccc56)c5cccc6ccccc56)c5ccccc45)c4ccccc34)ccc2c1. The molecule has 13 aromatic rings. The van der Waals surface area contributed by atoms with Crippen molar-refractivity contribution in [3.05, 3.63) is 255 Å². The largest absolute Gasteiger partial charge is 0.310 e. The molecule has 0 heterocycles. The van der Waals surface area contributed by atoms with Gasteiger partial charge >= 0.3 is 0 Å².